The molecule has 0 amide bonds. The summed E-state index contributed by atoms with van der Waals surface area (Å²) in [6.07, 6.45) is 1.30. The van der Waals surface area contributed by atoms with Crippen molar-refractivity contribution in [3.63, 3.8) is 0 Å². The quantitative estimate of drug-likeness (QED) is 0.773. The van der Waals surface area contributed by atoms with E-state index in [1.165, 1.54) is 24.6 Å². The zero-order valence-corrected chi connectivity index (χ0v) is 15.2. The van der Waals surface area contributed by atoms with E-state index in [0.717, 1.165) is 26.1 Å². The highest BCUT2D eigenvalue weighted by molar-refractivity contribution is 7.19. The third-order valence-electron chi connectivity index (χ3n) is 4.21. The van der Waals surface area contributed by atoms with Crippen LogP contribution in [0, 0.1) is 13.8 Å². The van der Waals surface area contributed by atoms with Crippen LogP contribution in [0.25, 0.3) is 21.3 Å². The number of aliphatic carboxylic acids is 1. The van der Waals surface area contributed by atoms with E-state index in [2.05, 4.69) is 4.98 Å². The minimum Gasteiger partial charge on any atom is -0.496 e. The van der Waals surface area contributed by atoms with Crippen LogP contribution in [0.4, 0.5) is 0 Å². The van der Waals surface area contributed by atoms with Gasteiger partial charge in [-0.05, 0) is 32.9 Å². The Balaban J connectivity index is 2.39. The topological polar surface area (TPSA) is 81.4 Å². The summed E-state index contributed by atoms with van der Waals surface area (Å²) in [4.78, 5) is 30.1. The van der Waals surface area contributed by atoms with Crippen molar-refractivity contribution >= 4 is 27.5 Å². The number of carboxylic acids is 1. The van der Waals surface area contributed by atoms with Crippen LogP contribution in [-0.4, -0.2) is 27.7 Å². The molecular weight excluding hydrogens is 340 g/mol. The largest absolute Gasteiger partial charge is 0.496 e. The fourth-order valence-electron chi connectivity index (χ4n) is 2.85. The van der Waals surface area contributed by atoms with Crippen LogP contribution in [0.3, 0.4) is 0 Å². The molecule has 0 fully saturated rings. The Bertz CT molecular complexity index is 1040. The van der Waals surface area contributed by atoms with Crippen molar-refractivity contribution in [3.8, 4) is 16.9 Å². The number of thiophene rings is 1. The van der Waals surface area contributed by atoms with Crippen LogP contribution in [0.15, 0.2) is 29.3 Å². The number of benzene rings is 1. The molecule has 0 aliphatic heterocycles. The zero-order valence-electron chi connectivity index (χ0n) is 14.4. The van der Waals surface area contributed by atoms with E-state index in [-0.39, 0.29) is 5.56 Å². The van der Waals surface area contributed by atoms with Crippen molar-refractivity contribution in [1.29, 1.82) is 0 Å². The third kappa shape index (κ3) is 2.80. The van der Waals surface area contributed by atoms with Crippen molar-refractivity contribution in [2.75, 3.05) is 7.11 Å². The molecule has 3 aromatic rings. The van der Waals surface area contributed by atoms with Crippen molar-refractivity contribution in [2.24, 2.45) is 0 Å². The normalized spacial score (nSPS) is 12.3. The maximum absolute atomic E-state index is 13.0. The van der Waals surface area contributed by atoms with E-state index < -0.39 is 12.0 Å². The number of methoxy groups -OCH3 is 1. The Labute approximate surface area is 148 Å². The van der Waals surface area contributed by atoms with Gasteiger partial charge in [-0.15, -0.1) is 11.3 Å². The van der Waals surface area contributed by atoms with Gasteiger partial charge in [0.2, 0.25) is 0 Å². The van der Waals surface area contributed by atoms with E-state index in [9.17, 15) is 14.7 Å². The molecule has 6 nitrogen and oxygen atoms in total. The van der Waals surface area contributed by atoms with Crippen molar-refractivity contribution in [2.45, 2.75) is 26.8 Å². The van der Waals surface area contributed by atoms with Gasteiger partial charge in [0.25, 0.3) is 5.56 Å². The number of fused-ring (bicyclic) bond motifs is 1. The van der Waals surface area contributed by atoms with Gasteiger partial charge in [-0.2, -0.15) is 0 Å². The molecule has 7 heteroatoms. The molecule has 1 N–H and O–H groups in total. The van der Waals surface area contributed by atoms with Crippen molar-refractivity contribution in [3.05, 3.63) is 45.3 Å². The van der Waals surface area contributed by atoms with Gasteiger partial charge in [0.05, 0.1) is 18.8 Å². The molecule has 3 rings (SSSR count). The summed E-state index contributed by atoms with van der Waals surface area (Å²) >= 11 is 1.41. The molecule has 2 heterocycles. The first-order valence-electron chi connectivity index (χ1n) is 7.73. The number of rotatable bonds is 4. The minimum atomic E-state index is -1.08. The molecule has 0 saturated heterocycles. The summed E-state index contributed by atoms with van der Waals surface area (Å²) in [6, 6.07) is 4.78. The second-order valence-corrected chi connectivity index (χ2v) is 7.09. The molecule has 2 aromatic heterocycles. The number of nitrogens with zero attached hydrogens (tertiary/aromatic N) is 2. The summed E-state index contributed by atoms with van der Waals surface area (Å²) in [5.74, 6) is -0.417. The highest BCUT2D eigenvalue weighted by Gasteiger charge is 2.22. The summed E-state index contributed by atoms with van der Waals surface area (Å²) in [5, 5.41) is 9.67. The SMILES string of the molecule is COc1ccc(C)cc1-c1c(C)sc2ncn(C(C)C(=O)O)c(=O)c12. The molecule has 130 valence electrons. The molecule has 1 atom stereocenters. The second-order valence-electron chi connectivity index (χ2n) is 5.89. The number of aryl methyl sites for hydroxylation is 2. The Morgan fingerprint density at radius 2 is 2.08 bits per heavy atom. The number of hydrogen-bond donors (Lipinski definition) is 1. The molecule has 25 heavy (non-hydrogen) atoms. The maximum atomic E-state index is 13.0. The lowest BCUT2D eigenvalue weighted by Crippen LogP contribution is -2.28. The highest BCUT2D eigenvalue weighted by atomic mass is 32.1. The molecule has 0 aliphatic carbocycles. The van der Waals surface area contributed by atoms with E-state index >= 15 is 0 Å². The average Bonchev–Trinajstić information content (AvgIpc) is 2.91. The fraction of sp³-hybridized carbons (Fsp3) is 0.278. The maximum Gasteiger partial charge on any atom is 0.326 e. The van der Waals surface area contributed by atoms with Gasteiger partial charge in [-0.1, -0.05) is 11.6 Å². The fourth-order valence-corrected chi connectivity index (χ4v) is 3.85. The van der Waals surface area contributed by atoms with Crippen LogP contribution in [-0.2, 0) is 4.79 Å². The van der Waals surface area contributed by atoms with Gasteiger partial charge in [0.1, 0.15) is 16.6 Å². The smallest absolute Gasteiger partial charge is 0.326 e. The van der Waals surface area contributed by atoms with Gasteiger partial charge < -0.3 is 9.84 Å². The molecule has 0 bridgehead atoms. The molecule has 0 saturated carbocycles. The highest BCUT2D eigenvalue weighted by Crippen LogP contribution is 2.40. The zero-order chi connectivity index (χ0) is 18.3. The van der Waals surface area contributed by atoms with Gasteiger partial charge in [0, 0.05) is 16.0 Å². The van der Waals surface area contributed by atoms with Crippen molar-refractivity contribution in [1.82, 2.24) is 9.55 Å². The van der Waals surface area contributed by atoms with Gasteiger partial charge in [0.15, 0.2) is 0 Å². The average molecular weight is 358 g/mol. The lowest BCUT2D eigenvalue weighted by molar-refractivity contribution is -0.140. The molecule has 1 unspecified atom stereocenters. The first-order chi connectivity index (χ1) is 11.8. The Morgan fingerprint density at radius 1 is 1.36 bits per heavy atom. The Hall–Kier alpha value is -2.67. The van der Waals surface area contributed by atoms with E-state index in [4.69, 9.17) is 4.74 Å². The van der Waals surface area contributed by atoms with E-state index in [1.54, 1.807) is 7.11 Å². The summed E-state index contributed by atoms with van der Waals surface area (Å²) in [5.41, 5.74) is 2.25. The third-order valence-corrected chi connectivity index (χ3v) is 5.23. The minimum absolute atomic E-state index is 0.359. The summed E-state index contributed by atoms with van der Waals surface area (Å²) in [7, 11) is 1.58. The predicted molar refractivity (Wildman–Crippen MR) is 97.7 cm³/mol. The number of hydrogen-bond acceptors (Lipinski definition) is 5. The van der Waals surface area contributed by atoms with Crippen LogP contribution in [0.2, 0.25) is 0 Å². The second kappa shape index (κ2) is 6.33. The van der Waals surface area contributed by atoms with Gasteiger partial charge in [-0.3, -0.25) is 9.36 Å². The number of carboxylic acid groups (broad SMARTS) is 1. The standard InChI is InChI=1S/C18H18N2O4S/c1-9-5-6-13(24-4)12(7-9)14-11(3)25-16-15(14)17(21)20(8-19-16)10(2)18(22)23/h5-8,10H,1-4H3,(H,22,23). The molecular formula is C18H18N2O4S. The van der Waals surface area contributed by atoms with Crippen LogP contribution >= 0.6 is 11.3 Å². The lowest BCUT2D eigenvalue weighted by atomic mass is 10.0. The number of carbonyl (C=O) groups is 1. The van der Waals surface area contributed by atoms with E-state index in [0.29, 0.717) is 16.0 Å². The summed E-state index contributed by atoms with van der Waals surface area (Å²) in [6.45, 7) is 5.35. The van der Waals surface area contributed by atoms with E-state index in [1.807, 2.05) is 32.0 Å². The predicted octanol–water partition coefficient (Wildman–Crippen LogP) is 3.40. The van der Waals surface area contributed by atoms with Gasteiger partial charge in [-0.25, -0.2) is 9.78 Å². The molecule has 0 spiro atoms. The Kier molecular flexibility index (Phi) is 4.34. The molecule has 1 aromatic carbocycles. The molecule has 0 aliphatic rings. The van der Waals surface area contributed by atoms with Crippen LogP contribution in [0.5, 0.6) is 5.75 Å². The first kappa shape index (κ1) is 17.2. The first-order valence-corrected chi connectivity index (χ1v) is 8.54. The van der Waals surface area contributed by atoms with Crippen LogP contribution in [0.1, 0.15) is 23.4 Å². The number of ether oxygens (including phenoxy) is 1. The number of aromatic nitrogens is 2. The van der Waals surface area contributed by atoms with Gasteiger partial charge >= 0.3 is 5.97 Å². The lowest BCUT2D eigenvalue weighted by Gasteiger charge is -2.12. The van der Waals surface area contributed by atoms with Crippen LogP contribution < -0.4 is 10.3 Å². The molecule has 0 radical (unpaired) electrons. The Morgan fingerprint density at radius 3 is 2.72 bits per heavy atom. The monoisotopic (exact) mass is 358 g/mol. The van der Waals surface area contributed by atoms with Crippen molar-refractivity contribution < 1.29 is 14.6 Å². The summed E-state index contributed by atoms with van der Waals surface area (Å²) < 4.78 is 6.62.